The Bertz CT molecular complexity index is 473. The molecule has 0 fully saturated rings. The van der Waals surface area contributed by atoms with Crippen LogP contribution in [-0.4, -0.2) is 15.0 Å². The monoisotopic (exact) mass is 244 g/mol. The second kappa shape index (κ2) is 6.31. The standard InChI is InChI=1S/C14H20N4/c1-3-12-5-7-13(8-6-12)9-15-10-14-11-16-17-18(14)4-2/h5-8,11,15H,3-4,9-10H2,1-2H3. The van der Waals surface area contributed by atoms with Gasteiger partial charge in [0, 0.05) is 19.6 Å². The first kappa shape index (κ1) is 12.8. The molecule has 0 amide bonds. The summed E-state index contributed by atoms with van der Waals surface area (Å²) in [5.41, 5.74) is 3.82. The number of benzene rings is 1. The molecule has 0 spiro atoms. The van der Waals surface area contributed by atoms with E-state index in [-0.39, 0.29) is 0 Å². The molecule has 1 aromatic carbocycles. The number of hydrogen-bond acceptors (Lipinski definition) is 3. The van der Waals surface area contributed by atoms with Crippen molar-refractivity contribution in [3.63, 3.8) is 0 Å². The van der Waals surface area contributed by atoms with Crippen molar-refractivity contribution in [2.75, 3.05) is 0 Å². The average molecular weight is 244 g/mol. The van der Waals surface area contributed by atoms with Crippen LogP contribution in [-0.2, 0) is 26.1 Å². The summed E-state index contributed by atoms with van der Waals surface area (Å²) in [5, 5.41) is 11.3. The lowest BCUT2D eigenvalue weighted by atomic mass is 10.1. The van der Waals surface area contributed by atoms with Gasteiger partial charge < -0.3 is 5.32 Å². The van der Waals surface area contributed by atoms with E-state index in [0.29, 0.717) is 0 Å². The van der Waals surface area contributed by atoms with Crippen LogP contribution in [0.25, 0.3) is 0 Å². The molecule has 0 aliphatic heterocycles. The molecule has 0 saturated carbocycles. The lowest BCUT2D eigenvalue weighted by Crippen LogP contribution is -2.16. The Hall–Kier alpha value is -1.68. The van der Waals surface area contributed by atoms with Crippen LogP contribution < -0.4 is 5.32 Å². The van der Waals surface area contributed by atoms with Crippen molar-refractivity contribution in [3.05, 3.63) is 47.3 Å². The van der Waals surface area contributed by atoms with Gasteiger partial charge in [0.1, 0.15) is 0 Å². The van der Waals surface area contributed by atoms with E-state index in [9.17, 15) is 0 Å². The Labute approximate surface area is 108 Å². The van der Waals surface area contributed by atoms with Crippen molar-refractivity contribution < 1.29 is 0 Å². The summed E-state index contributed by atoms with van der Waals surface area (Å²) in [6.45, 7) is 6.78. The number of nitrogens with zero attached hydrogens (tertiary/aromatic N) is 3. The molecule has 0 radical (unpaired) electrons. The molecule has 1 heterocycles. The zero-order chi connectivity index (χ0) is 12.8. The topological polar surface area (TPSA) is 42.7 Å². The van der Waals surface area contributed by atoms with Gasteiger partial charge in [-0.05, 0) is 24.5 Å². The Balaban J connectivity index is 1.84. The summed E-state index contributed by atoms with van der Waals surface area (Å²) >= 11 is 0. The van der Waals surface area contributed by atoms with Crippen molar-refractivity contribution in [1.29, 1.82) is 0 Å². The van der Waals surface area contributed by atoms with Crippen LogP contribution in [0.5, 0.6) is 0 Å². The average Bonchev–Trinajstić information content (AvgIpc) is 2.87. The zero-order valence-electron chi connectivity index (χ0n) is 11.1. The van der Waals surface area contributed by atoms with Gasteiger partial charge >= 0.3 is 0 Å². The normalized spacial score (nSPS) is 10.8. The third-order valence-corrected chi connectivity index (χ3v) is 3.06. The molecule has 18 heavy (non-hydrogen) atoms. The fraction of sp³-hybridized carbons (Fsp3) is 0.429. The number of rotatable bonds is 6. The summed E-state index contributed by atoms with van der Waals surface area (Å²) in [7, 11) is 0. The molecule has 2 rings (SSSR count). The molecular weight excluding hydrogens is 224 g/mol. The van der Waals surface area contributed by atoms with Gasteiger partial charge in [-0.2, -0.15) is 0 Å². The minimum atomic E-state index is 0.802. The highest BCUT2D eigenvalue weighted by Gasteiger charge is 2.01. The van der Waals surface area contributed by atoms with Crippen molar-refractivity contribution in [2.45, 2.75) is 39.9 Å². The highest BCUT2D eigenvalue weighted by molar-refractivity contribution is 5.22. The first-order chi connectivity index (χ1) is 8.83. The molecule has 1 aromatic heterocycles. The second-order valence-electron chi connectivity index (χ2n) is 4.31. The van der Waals surface area contributed by atoms with E-state index in [4.69, 9.17) is 0 Å². The van der Waals surface area contributed by atoms with Gasteiger partial charge in [-0.15, -0.1) is 5.10 Å². The highest BCUT2D eigenvalue weighted by atomic mass is 15.4. The van der Waals surface area contributed by atoms with E-state index in [1.165, 1.54) is 11.1 Å². The van der Waals surface area contributed by atoms with Crippen LogP contribution in [0.2, 0.25) is 0 Å². The summed E-state index contributed by atoms with van der Waals surface area (Å²) in [5.74, 6) is 0. The van der Waals surface area contributed by atoms with Crippen molar-refractivity contribution in [2.24, 2.45) is 0 Å². The van der Waals surface area contributed by atoms with Crippen molar-refractivity contribution in [1.82, 2.24) is 20.3 Å². The van der Waals surface area contributed by atoms with Gasteiger partial charge in [0.2, 0.25) is 0 Å². The summed E-state index contributed by atoms with van der Waals surface area (Å²) < 4.78 is 1.91. The first-order valence-corrected chi connectivity index (χ1v) is 6.49. The predicted molar refractivity (Wildman–Crippen MR) is 72.1 cm³/mol. The summed E-state index contributed by atoms with van der Waals surface area (Å²) in [6, 6.07) is 8.74. The molecule has 96 valence electrons. The van der Waals surface area contributed by atoms with Gasteiger partial charge in [-0.25, -0.2) is 4.68 Å². The predicted octanol–water partition coefficient (Wildman–Crippen LogP) is 2.15. The lowest BCUT2D eigenvalue weighted by molar-refractivity contribution is 0.568. The highest BCUT2D eigenvalue weighted by Crippen LogP contribution is 2.05. The molecule has 0 aliphatic carbocycles. The van der Waals surface area contributed by atoms with E-state index in [1.54, 1.807) is 0 Å². The maximum Gasteiger partial charge on any atom is 0.0738 e. The molecule has 0 unspecified atom stereocenters. The zero-order valence-corrected chi connectivity index (χ0v) is 11.1. The Morgan fingerprint density at radius 1 is 1.06 bits per heavy atom. The van der Waals surface area contributed by atoms with Crippen LogP contribution in [0.15, 0.2) is 30.5 Å². The summed E-state index contributed by atoms with van der Waals surface area (Å²) in [6.07, 6.45) is 2.91. The van der Waals surface area contributed by atoms with E-state index >= 15 is 0 Å². The van der Waals surface area contributed by atoms with Crippen molar-refractivity contribution in [3.8, 4) is 0 Å². The third-order valence-electron chi connectivity index (χ3n) is 3.06. The molecule has 1 N–H and O–H groups in total. The smallest absolute Gasteiger partial charge is 0.0738 e. The molecule has 0 atom stereocenters. The van der Waals surface area contributed by atoms with Crippen LogP contribution in [0.3, 0.4) is 0 Å². The third kappa shape index (κ3) is 3.17. The minimum absolute atomic E-state index is 0.802. The maximum absolute atomic E-state index is 4.01. The maximum atomic E-state index is 4.01. The number of aromatic nitrogens is 3. The van der Waals surface area contributed by atoms with Gasteiger partial charge in [-0.3, -0.25) is 0 Å². The molecular formula is C14H20N4. The minimum Gasteiger partial charge on any atom is -0.307 e. The second-order valence-corrected chi connectivity index (χ2v) is 4.31. The molecule has 2 aromatic rings. The van der Waals surface area contributed by atoms with Crippen LogP contribution in [0, 0.1) is 0 Å². The number of nitrogens with one attached hydrogen (secondary N) is 1. The van der Waals surface area contributed by atoms with Gasteiger partial charge in [0.05, 0.1) is 11.9 Å². The Kier molecular flexibility index (Phi) is 4.47. The Morgan fingerprint density at radius 3 is 2.44 bits per heavy atom. The largest absolute Gasteiger partial charge is 0.307 e. The van der Waals surface area contributed by atoms with E-state index in [2.05, 4.69) is 53.7 Å². The van der Waals surface area contributed by atoms with E-state index in [0.717, 1.165) is 31.7 Å². The fourth-order valence-electron chi connectivity index (χ4n) is 1.91. The van der Waals surface area contributed by atoms with Gasteiger partial charge in [0.15, 0.2) is 0 Å². The first-order valence-electron chi connectivity index (χ1n) is 6.49. The quantitative estimate of drug-likeness (QED) is 0.846. The number of aryl methyl sites for hydroxylation is 2. The number of hydrogen-bond donors (Lipinski definition) is 1. The molecule has 0 bridgehead atoms. The Morgan fingerprint density at radius 2 is 1.78 bits per heavy atom. The van der Waals surface area contributed by atoms with Crippen molar-refractivity contribution >= 4 is 0 Å². The van der Waals surface area contributed by atoms with Gasteiger partial charge in [-0.1, -0.05) is 36.4 Å². The molecule has 4 heteroatoms. The molecule has 0 aliphatic rings. The van der Waals surface area contributed by atoms with Gasteiger partial charge in [0.25, 0.3) is 0 Å². The van der Waals surface area contributed by atoms with Crippen LogP contribution in [0.1, 0.15) is 30.7 Å². The summed E-state index contributed by atoms with van der Waals surface area (Å²) in [4.78, 5) is 0. The molecule has 4 nitrogen and oxygen atoms in total. The van der Waals surface area contributed by atoms with Crippen LogP contribution in [0.4, 0.5) is 0 Å². The lowest BCUT2D eigenvalue weighted by Gasteiger charge is -2.06. The van der Waals surface area contributed by atoms with E-state index in [1.807, 2.05) is 10.9 Å². The molecule has 0 saturated heterocycles. The van der Waals surface area contributed by atoms with E-state index < -0.39 is 0 Å². The SMILES string of the molecule is CCc1ccc(CNCc2cnnn2CC)cc1. The fourth-order valence-corrected chi connectivity index (χ4v) is 1.91. The van der Waals surface area contributed by atoms with Crippen LogP contribution >= 0.6 is 0 Å².